The molecule has 0 spiro atoms. The van der Waals surface area contributed by atoms with Crippen molar-refractivity contribution in [3.8, 4) is 0 Å². The predicted octanol–water partition coefficient (Wildman–Crippen LogP) is 1.62. The highest BCUT2D eigenvalue weighted by Gasteiger charge is 2.27. The fourth-order valence-electron chi connectivity index (χ4n) is 2.04. The number of sulfonamides is 1. The number of anilines is 1. The van der Waals surface area contributed by atoms with Gasteiger partial charge < -0.3 is 10.8 Å². The van der Waals surface area contributed by atoms with E-state index in [1.54, 1.807) is 0 Å². The summed E-state index contributed by atoms with van der Waals surface area (Å²) in [5, 5.41) is 10.1. The van der Waals surface area contributed by atoms with E-state index in [1.807, 2.05) is 13.8 Å². The lowest BCUT2D eigenvalue weighted by atomic mass is 9.95. The van der Waals surface area contributed by atoms with Crippen molar-refractivity contribution >= 4 is 15.7 Å². The summed E-state index contributed by atoms with van der Waals surface area (Å²) in [6.45, 7) is 4.95. The van der Waals surface area contributed by atoms with Crippen LogP contribution in [0.25, 0.3) is 0 Å². The van der Waals surface area contributed by atoms with Crippen LogP contribution >= 0.6 is 0 Å². The summed E-state index contributed by atoms with van der Waals surface area (Å²) >= 11 is 0. The zero-order chi connectivity index (χ0) is 16.4. The molecule has 4 N–H and O–H groups in total. The summed E-state index contributed by atoms with van der Waals surface area (Å²) in [5.41, 5.74) is 3.01. The fraction of sp³-hybridized carbons (Fsp3) is 0.538. The third-order valence-corrected chi connectivity index (χ3v) is 4.29. The first-order valence-corrected chi connectivity index (χ1v) is 7.90. The van der Waals surface area contributed by atoms with Crippen molar-refractivity contribution in [3.05, 3.63) is 23.8 Å². The van der Waals surface area contributed by atoms with Gasteiger partial charge in [-0.2, -0.15) is 0 Å². The van der Waals surface area contributed by atoms with Gasteiger partial charge in [-0.1, -0.05) is 13.8 Å². The Morgan fingerprint density at radius 3 is 2.48 bits per heavy atom. The molecule has 5 nitrogen and oxygen atoms in total. The number of aliphatic hydroxyl groups is 1. The Kier molecular flexibility index (Phi) is 5.30. The van der Waals surface area contributed by atoms with Crippen LogP contribution in [0.4, 0.5) is 14.5 Å². The van der Waals surface area contributed by atoms with Crippen LogP contribution in [0.5, 0.6) is 0 Å². The van der Waals surface area contributed by atoms with Gasteiger partial charge in [0.25, 0.3) is 0 Å². The van der Waals surface area contributed by atoms with Crippen molar-refractivity contribution in [2.24, 2.45) is 5.92 Å². The number of nitrogens with two attached hydrogens (primary N) is 1. The molecule has 0 saturated heterocycles. The highest BCUT2D eigenvalue weighted by atomic mass is 32.2. The smallest absolute Gasteiger partial charge is 0.243 e. The van der Waals surface area contributed by atoms with Crippen molar-refractivity contribution in [1.29, 1.82) is 0 Å². The lowest BCUT2D eigenvalue weighted by Crippen LogP contribution is -2.41. The number of hydrogen-bond acceptors (Lipinski definition) is 4. The second-order valence-corrected chi connectivity index (χ2v) is 7.43. The van der Waals surface area contributed by atoms with Crippen molar-refractivity contribution in [2.75, 3.05) is 12.3 Å². The van der Waals surface area contributed by atoms with E-state index in [0.717, 1.165) is 12.1 Å². The van der Waals surface area contributed by atoms with Gasteiger partial charge in [0.15, 0.2) is 5.82 Å². The Hall–Kier alpha value is -1.25. The van der Waals surface area contributed by atoms with Crippen LogP contribution in [0, 0.1) is 17.6 Å². The maximum absolute atomic E-state index is 13.7. The molecule has 1 aromatic rings. The van der Waals surface area contributed by atoms with Crippen molar-refractivity contribution in [1.82, 2.24) is 4.72 Å². The Morgan fingerprint density at radius 1 is 1.38 bits per heavy atom. The molecule has 21 heavy (non-hydrogen) atoms. The van der Waals surface area contributed by atoms with Crippen molar-refractivity contribution < 1.29 is 22.3 Å². The van der Waals surface area contributed by atoms with E-state index < -0.39 is 37.8 Å². The van der Waals surface area contributed by atoms with Crippen LogP contribution in [-0.4, -0.2) is 25.7 Å². The van der Waals surface area contributed by atoms with Crippen LogP contribution in [0.15, 0.2) is 17.0 Å². The summed E-state index contributed by atoms with van der Waals surface area (Å²) in [5.74, 6) is -2.22. The van der Waals surface area contributed by atoms with Crippen molar-refractivity contribution in [3.63, 3.8) is 0 Å². The molecule has 8 heteroatoms. The molecule has 0 aliphatic rings. The minimum absolute atomic E-state index is 0.155. The van der Waals surface area contributed by atoms with Gasteiger partial charge in [-0.25, -0.2) is 21.9 Å². The van der Waals surface area contributed by atoms with E-state index >= 15 is 0 Å². The van der Waals surface area contributed by atoms with Gasteiger partial charge >= 0.3 is 0 Å². The molecule has 1 atom stereocenters. The summed E-state index contributed by atoms with van der Waals surface area (Å²) < 4.78 is 52.9. The Labute approximate surface area is 123 Å². The molecule has 0 bridgehead atoms. The van der Waals surface area contributed by atoms with E-state index in [1.165, 1.54) is 6.92 Å². The zero-order valence-corrected chi connectivity index (χ0v) is 13.0. The number of benzene rings is 1. The van der Waals surface area contributed by atoms with E-state index in [0.29, 0.717) is 6.42 Å². The van der Waals surface area contributed by atoms with Crippen LogP contribution in [-0.2, 0) is 10.0 Å². The molecule has 1 aromatic carbocycles. The third kappa shape index (κ3) is 4.62. The molecule has 0 heterocycles. The standard InChI is InChI=1S/C13H20F2N2O3S/c1-8(2)6-13(3,18)7-17-21(19,20)10-5-4-9(14)12(16)11(10)15/h4-5,8,17-18H,6-7,16H2,1-3H3. The number of hydrogen-bond donors (Lipinski definition) is 3. The largest absolute Gasteiger partial charge is 0.394 e. The normalized spacial score (nSPS) is 15.2. The maximum Gasteiger partial charge on any atom is 0.243 e. The first-order valence-electron chi connectivity index (χ1n) is 6.42. The van der Waals surface area contributed by atoms with Gasteiger partial charge in [0.05, 0.1) is 5.60 Å². The van der Waals surface area contributed by atoms with Gasteiger partial charge in [0.2, 0.25) is 10.0 Å². The Bertz CT molecular complexity index is 616. The minimum Gasteiger partial charge on any atom is -0.394 e. The highest BCUT2D eigenvalue weighted by Crippen LogP contribution is 2.23. The summed E-state index contributed by atoms with van der Waals surface area (Å²) in [6.07, 6.45) is 0.365. The van der Waals surface area contributed by atoms with Gasteiger partial charge in [-0.15, -0.1) is 0 Å². The highest BCUT2D eigenvalue weighted by molar-refractivity contribution is 7.89. The summed E-state index contributed by atoms with van der Waals surface area (Å²) in [4.78, 5) is -0.748. The Balaban J connectivity index is 2.96. The Morgan fingerprint density at radius 2 is 1.95 bits per heavy atom. The SMILES string of the molecule is CC(C)CC(C)(O)CNS(=O)(=O)c1ccc(F)c(N)c1F. The topological polar surface area (TPSA) is 92.4 Å². The van der Waals surface area contributed by atoms with E-state index in [9.17, 15) is 22.3 Å². The molecular weight excluding hydrogens is 302 g/mol. The first-order chi connectivity index (χ1) is 9.46. The fourth-order valence-corrected chi connectivity index (χ4v) is 3.29. The lowest BCUT2D eigenvalue weighted by molar-refractivity contribution is 0.0436. The number of nitrogens with one attached hydrogen (secondary N) is 1. The van der Waals surface area contributed by atoms with Crippen LogP contribution < -0.4 is 10.5 Å². The summed E-state index contributed by atoms with van der Waals surface area (Å²) in [6, 6.07) is 1.57. The molecule has 0 amide bonds. The van der Waals surface area contributed by atoms with E-state index in [-0.39, 0.29) is 12.5 Å². The average molecular weight is 322 g/mol. The second-order valence-electron chi connectivity index (χ2n) is 5.69. The molecule has 120 valence electrons. The van der Waals surface area contributed by atoms with E-state index in [2.05, 4.69) is 4.72 Å². The van der Waals surface area contributed by atoms with Gasteiger partial charge in [-0.05, 0) is 31.4 Å². The predicted molar refractivity (Wildman–Crippen MR) is 76.0 cm³/mol. The minimum atomic E-state index is -4.23. The van der Waals surface area contributed by atoms with Crippen LogP contribution in [0.2, 0.25) is 0 Å². The molecule has 0 saturated carbocycles. The van der Waals surface area contributed by atoms with E-state index in [4.69, 9.17) is 5.73 Å². The first kappa shape index (κ1) is 17.8. The second kappa shape index (κ2) is 6.25. The third-order valence-electron chi connectivity index (χ3n) is 2.87. The molecule has 0 aromatic heterocycles. The maximum atomic E-state index is 13.7. The molecule has 0 aliphatic carbocycles. The lowest BCUT2D eigenvalue weighted by Gasteiger charge is -2.25. The van der Waals surface area contributed by atoms with Gasteiger partial charge in [0, 0.05) is 6.54 Å². The number of rotatable bonds is 6. The number of nitrogen functional groups attached to an aromatic ring is 1. The molecule has 1 unspecified atom stereocenters. The quantitative estimate of drug-likeness (QED) is 0.694. The van der Waals surface area contributed by atoms with Crippen LogP contribution in [0.1, 0.15) is 27.2 Å². The van der Waals surface area contributed by atoms with Gasteiger partial charge in [0.1, 0.15) is 16.4 Å². The monoisotopic (exact) mass is 322 g/mol. The number of halogens is 2. The molecule has 0 radical (unpaired) electrons. The van der Waals surface area contributed by atoms with Crippen LogP contribution in [0.3, 0.4) is 0 Å². The molecular formula is C13H20F2N2O3S. The molecule has 1 rings (SSSR count). The zero-order valence-electron chi connectivity index (χ0n) is 12.2. The van der Waals surface area contributed by atoms with Gasteiger partial charge in [-0.3, -0.25) is 0 Å². The molecule has 0 fully saturated rings. The summed E-state index contributed by atoms with van der Waals surface area (Å²) in [7, 11) is -4.23. The average Bonchev–Trinajstić information content (AvgIpc) is 2.32. The molecule has 0 aliphatic heterocycles. The van der Waals surface area contributed by atoms with Crippen molar-refractivity contribution in [2.45, 2.75) is 37.7 Å².